The SMILES string of the molecule is CCc1ccc(CNC(=O)c2cc(F)c(F)cc2N)s1. The van der Waals surface area contributed by atoms with Gasteiger partial charge < -0.3 is 11.1 Å². The van der Waals surface area contributed by atoms with Gasteiger partial charge in [-0.3, -0.25) is 4.79 Å². The second kappa shape index (κ2) is 6.00. The second-order valence-corrected chi connectivity index (χ2v) is 5.51. The lowest BCUT2D eigenvalue weighted by Crippen LogP contribution is -2.23. The van der Waals surface area contributed by atoms with Gasteiger partial charge in [-0.2, -0.15) is 0 Å². The summed E-state index contributed by atoms with van der Waals surface area (Å²) >= 11 is 1.60. The normalized spacial score (nSPS) is 10.6. The van der Waals surface area contributed by atoms with E-state index in [0.29, 0.717) is 6.54 Å². The monoisotopic (exact) mass is 296 g/mol. The highest BCUT2D eigenvalue weighted by Gasteiger charge is 2.14. The van der Waals surface area contributed by atoms with Gasteiger partial charge in [0.15, 0.2) is 11.6 Å². The fourth-order valence-corrected chi connectivity index (χ4v) is 2.63. The molecule has 1 heterocycles. The molecule has 3 nitrogen and oxygen atoms in total. The molecule has 106 valence electrons. The van der Waals surface area contributed by atoms with Gasteiger partial charge in [0.05, 0.1) is 12.1 Å². The average Bonchev–Trinajstić information content (AvgIpc) is 2.88. The molecule has 0 aliphatic rings. The van der Waals surface area contributed by atoms with Crippen molar-refractivity contribution in [3.8, 4) is 0 Å². The molecule has 2 aromatic rings. The van der Waals surface area contributed by atoms with Crippen LogP contribution in [0.1, 0.15) is 27.0 Å². The Morgan fingerprint density at radius 1 is 1.25 bits per heavy atom. The molecule has 20 heavy (non-hydrogen) atoms. The van der Waals surface area contributed by atoms with E-state index in [2.05, 4.69) is 12.2 Å². The summed E-state index contributed by atoms with van der Waals surface area (Å²) in [7, 11) is 0. The van der Waals surface area contributed by atoms with Crippen LogP contribution in [-0.2, 0) is 13.0 Å². The van der Waals surface area contributed by atoms with Gasteiger partial charge in [-0.15, -0.1) is 11.3 Å². The molecule has 0 aliphatic carbocycles. The first-order valence-corrected chi connectivity index (χ1v) is 6.93. The zero-order valence-corrected chi connectivity index (χ0v) is 11.7. The molecule has 1 aromatic heterocycles. The van der Waals surface area contributed by atoms with Crippen molar-refractivity contribution in [3.05, 3.63) is 51.2 Å². The van der Waals surface area contributed by atoms with Crippen LogP contribution < -0.4 is 11.1 Å². The summed E-state index contributed by atoms with van der Waals surface area (Å²) in [5.41, 5.74) is 5.38. The van der Waals surface area contributed by atoms with Crippen LogP contribution in [0.25, 0.3) is 0 Å². The summed E-state index contributed by atoms with van der Waals surface area (Å²) in [4.78, 5) is 14.1. The van der Waals surface area contributed by atoms with Crippen molar-refractivity contribution in [1.29, 1.82) is 0 Å². The Balaban J connectivity index is 2.07. The van der Waals surface area contributed by atoms with Gasteiger partial charge in [-0.1, -0.05) is 6.92 Å². The highest BCUT2D eigenvalue weighted by atomic mass is 32.1. The molecule has 2 rings (SSSR count). The maximum Gasteiger partial charge on any atom is 0.253 e. The van der Waals surface area contributed by atoms with Crippen LogP contribution in [0.5, 0.6) is 0 Å². The molecule has 3 N–H and O–H groups in total. The van der Waals surface area contributed by atoms with E-state index in [9.17, 15) is 13.6 Å². The lowest BCUT2D eigenvalue weighted by atomic mass is 10.1. The average molecular weight is 296 g/mol. The summed E-state index contributed by atoms with van der Waals surface area (Å²) in [6.45, 7) is 2.39. The number of anilines is 1. The van der Waals surface area contributed by atoms with E-state index < -0.39 is 17.5 Å². The van der Waals surface area contributed by atoms with Crippen molar-refractivity contribution in [1.82, 2.24) is 5.32 Å². The Morgan fingerprint density at radius 2 is 1.90 bits per heavy atom. The van der Waals surface area contributed by atoms with Gasteiger partial charge >= 0.3 is 0 Å². The number of thiophene rings is 1. The van der Waals surface area contributed by atoms with Gasteiger partial charge in [0.25, 0.3) is 5.91 Å². The summed E-state index contributed by atoms with van der Waals surface area (Å²) in [5.74, 6) is -2.67. The van der Waals surface area contributed by atoms with Gasteiger partial charge in [-0.25, -0.2) is 8.78 Å². The van der Waals surface area contributed by atoms with Crippen molar-refractivity contribution in [3.63, 3.8) is 0 Å². The van der Waals surface area contributed by atoms with Gasteiger partial charge in [0.1, 0.15) is 0 Å². The van der Waals surface area contributed by atoms with E-state index in [-0.39, 0.29) is 11.3 Å². The van der Waals surface area contributed by atoms with Crippen molar-refractivity contribution >= 4 is 22.9 Å². The number of nitrogens with two attached hydrogens (primary N) is 1. The van der Waals surface area contributed by atoms with E-state index in [0.717, 1.165) is 23.4 Å². The zero-order valence-electron chi connectivity index (χ0n) is 10.9. The second-order valence-electron chi connectivity index (χ2n) is 4.26. The highest BCUT2D eigenvalue weighted by Crippen LogP contribution is 2.19. The summed E-state index contributed by atoms with van der Waals surface area (Å²) in [5, 5.41) is 2.64. The first-order valence-electron chi connectivity index (χ1n) is 6.11. The fourth-order valence-electron chi connectivity index (χ4n) is 1.73. The third-order valence-electron chi connectivity index (χ3n) is 2.83. The largest absolute Gasteiger partial charge is 0.398 e. The maximum absolute atomic E-state index is 13.1. The molecule has 0 bridgehead atoms. The smallest absolute Gasteiger partial charge is 0.253 e. The highest BCUT2D eigenvalue weighted by molar-refractivity contribution is 7.11. The molecule has 6 heteroatoms. The summed E-state index contributed by atoms with van der Waals surface area (Å²) in [6.07, 6.45) is 0.939. The number of carbonyl (C=O) groups excluding carboxylic acids is 1. The number of aryl methyl sites for hydroxylation is 1. The van der Waals surface area contributed by atoms with Gasteiger partial charge in [0.2, 0.25) is 0 Å². The number of rotatable bonds is 4. The number of halogens is 2. The Kier molecular flexibility index (Phi) is 4.34. The Bertz CT molecular complexity index is 640. The number of benzene rings is 1. The van der Waals surface area contributed by atoms with Crippen molar-refractivity contribution < 1.29 is 13.6 Å². The molecule has 1 amide bonds. The number of hydrogen-bond donors (Lipinski definition) is 2. The Morgan fingerprint density at radius 3 is 2.55 bits per heavy atom. The third kappa shape index (κ3) is 3.14. The van der Waals surface area contributed by atoms with E-state index in [1.54, 1.807) is 11.3 Å². The molecule has 0 radical (unpaired) electrons. The molecule has 0 atom stereocenters. The molecule has 0 spiro atoms. The maximum atomic E-state index is 13.1. The van der Waals surface area contributed by atoms with E-state index in [4.69, 9.17) is 5.73 Å². The number of hydrogen-bond acceptors (Lipinski definition) is 3. The summed E-state index contributed by atoms with van der Waals surface area (Å²) < 4.78 is 26.1. The lowest BCUT2D eigenvalue weighted by molar-refractivity contribution is 0.0951. The van der Waals surface area contributed by atoms with E-state index in [1.165, 1.54) is 4.88 Å². The Hall–Kier alpha value is -1.95. The van der Waals surface area contributed by atoms with Crippen LogP contribution in [-0.4, -0.2) is 5.91 Å². The minimum absolute atomic E-state index is 0.0591. The van der Waals surface area contributed by atoms with Crippen LogP contribution in [0.2, 0.25) is 0 Å². The molecule has 0 unspecified atom stereocenters. The predicted octanol–water partition coefficient (Wildman–Crippen LogP) is 3.10. The molecule has 0 fully saturated rings. The summed E-state index contributed by atoms with van der Waals surface area (Å²) in [6, 6.07) is 5.55. The van der Waals surface area contributed by atoms with Gasteiger partial charge in [-0.05, 0) is 24.6 Å². The fraction of sp³-hybridized carbons (Fsp3) is 0.214. The van der Waals surface area contributed by atoms with Crippen LogP contribution >= 0.6 is 11.3 Å². The first kappa shape index (κ1) is 14.5. The molecular weight excluding hydrogens is 282 g/mol. The van der Waals surface area contributed by atoms with E-state index in [1.807, 2.05) is 12.1 Å². The standard InChI is InChI=1S/C14H14F2N2OS/c1-2-8-3-4-9(20-8)7-18-14(19)10-5-11(15)12(16)6-13(10)17/h3-6H,2,7,17H2,1H3,(H,18,19). The molecule has 0 aliphatic heterocycles. The number of carbonyl (C=O) groups is 1. The minimum Gasteiger partial charge on any atom is -0.398 e. The molecule has 1 aromatic carbocycles. The van der Waals surface area contributed by atoms with Crippen molar-refractivity contribution in [2.24, 2.45) is 0 Å². The van der Waals surface area contributed by atoms with Crippen LogP contribution in [0, 0.1) is 11.6 Å². The number of nitrogens with one attached hydrogen (secondary N) is 1. The minimum atomic E-state index is -1.09. The van der Waals surface area contributed by atoms with Crippen LogP contribution in [0.4, 0.5) is 14.5 Å². The molecular formula is C14H14F2N2OS. The zero-order chi connectivity index (χ0) is 14.7. The number of nitrogen functional groups attached to an aromatic ring is 1. The van der Waals surface area contributed by atoms with Crippen LogP contribution in [0.15, 0.2) is 24.3 Å². The molecule has 0 saturated heterocycles. The van der Waals surface area contributed by atoms with Crippen molar-refractivity contribution in [2.75, 3.05) is 5.73 Å². The quantitative estimate of drug-likeness (QED) is 0.852. The lowest BCUT2D eigenvalue weighted by Gasteiger charge is -2.07. The van der Waals surface area contributed by atoms with Crippen molar-refractivity contribution in [2.45, 2.75) is 19.9 Å². The third-order valence-corrected chi connectivity index (χ3v) is 4.06. The van der Waals surface area contributed by atoms with Gasteiger partial charge in [0, 0.05) is 21.5 Å². The van der Waals surface area contributed by atoms with E-state index >= 15 is 0 Å². The van der Waals surface area contributed by atoms with Crippen LogP contribution in [0.3, 0.4) is 0 Å². The predicted molar refractivity (Wildman–Crippen MR) is 75.6 cm³/mol. The topological polar surface area (TPSA) is 55.1 Å². The Labute approximate surface area is 119 Å². The number of amides is 1. The molecule has 0 saturated carbocycles. The first-order chi connectivity index (χ1) is 9.51.